The minimum absolute atomic E-state index is 0.290. The molecule has 0 radical (unpaired) electrons. The predicted octanol–water partition coefficient (Wildman–Crippen LogP) is 2.44. The monoisotopic (exact) mass is 306 g/mol. The third-order valence-electron chi connectivity index (χ3n) is 2.37. The van der Waals surface area contributed by atoms with E-state index in [2.05, 4.69) is 14.2 Å². The van der Waals surface area contributed by atoms with Crippen LogP contribution in [0.3, 0.4) is 0 Å². The minimum Gasteiger partial charge on any atom is -0.373 e. The topological polar surface area (TPSA) is 69.2 Å². The molecule has 0 fully saturated rings. The zero-order valence-electron chi connectivity index (χ0n) is 9.96. The molecule has 5 nitrogen and oxygen atoms in total. The van der Waals surface area contributed by atoms with Gasteiger partial charge in [-0.15, -0.1) is 0 Å². The van der Waals surface area contributed by atoms with Crippen molar-refractivity contribution in [2.45, 2.75) is 18.3 Å². The van der Waals surface area contributed by atoms with Gasteiger partial charge in [-0.2, -0.15) is 21.6 Å². The normalized spacial score (nSPS) is 15.8. The van der Waals surface area contributed by atoms with E-state index in [1.165, 1.54) is 0 Å². The van der Waals surface area contributed by atoms with E-state index < -0.39 is 21.4 Å². The molecule has 1 aromatic heterocycles. The number of rotatable bonds is 3. The maximum absolute atomic E-state index is 12.1. The van der Waals surface area contributed by atoms with Crippen LogP contribution in [0.5, 0.6) is 5.75 Å². The van der Waals surface area contributed by atoms with Gasteiger partial charge in [0.25, 0.3) is 0 Å². The lowest BCUT2D eigenvalue weighted by atomic mass is 10.1. The number of nitrogens with zero attached hydrogens (tertiary/aromatic N) is 2. The molecule has 1 aliphatic carbocycles. The molecule has 1 heterocycles. The lowest BCUT2D eigenvalue weighted by molar-refractivity contribution is -0.0500. The molecule has 1 aliphatic rings. The second kappa shape index (κ2) is 5.23. The molecule has 0 N–H and O–H groups in total. The van der Waals surface area contributed by atoms with Gasteiger partial charge in [0.1, 0.15) is 0 Å². The fourth-order valence-electron chi connectivity index (χ4n) is 1.46. The van der Waals surface area contributed by atoms with Crippen LogP contribution in [0.25, 0.3) is 5.57 Å². The molecule has 0 unspecified atom stereocenters. The van der Waals surface area contributed by atoms with E-state index in [9.17, 15) is 21.6 Å². The molecular formula is C11H9F3N2O3S. The first-order valence-corrected chi connectivity index (χ1v) is 6.90. The van der Waals surface area contributed by atoms with Gasteiger partial charge in [-0.05, 0) is 12.8 Å². The van der Waals surface area contributed by atoms with Crippen LogP contribution in [-0.2, 0) is 10.1 Å². The Balaban J connectivity index is 2.17. The molecule has 0 amide bonds. The average Bonchev–Trinajstić information content (AvgIpc) is 2.39. The maximum Gasteiger partial charge on any atom is 0.534 e. The van der Waals surface area contributed by atoms with E-state index in [4.69, 9.17) is 0 Å². The van der Waals surface area contributed by atoms with Crippen molar-refractivity contribution < 1.29 is 25.8 Å². The van der Waals surface area contributed by atoms with Crippen LogP contribution in [0.15, 0.2) is 30.6 Å². The van der Waals surface area contributed by atoms with Gasteiger partial charge in [-0.25, -0.2) is 9.97 Å². The maximum atomic E-state index is 12.1. The van der Waals surface area contributed by atoms with Crippen LogP contribution in [0.2, 0.25) is 0 Å². The summed E-state index contributed by atoms with van der Waals surface area (Å²) in [6.07, 6.45) is 9.06. The van der Waals surface area contributed by atoms with Crippen LogP contribution in [0, 0.1) is 0 Å². The largest absolute Gasteiger partial charge is 0.534 e. The highest BCUT2D eigenvalue weighted by Gasteiger charge is 2.48. The Labute approximate surface area is 112 Å². The third-order valence-corrected chi connectivity index (χ3v) is 3.35. The van der Waals surface area contributed by atoms with Crippen LogP contribution in [0.1, 0.15) is 18.7 Å². The molecule has 2 rings (SSSR count). The summed E-state index contributed by atoms with van der Waals surface area (Å²) >= 11 is 0. The van der Waals surface area contributed by atoms with Crippen molar-refractivity contribution in [1.29, 1.82) is 0 Å². The summed E-state index contributed by atoms with van der Waals surface area (Å²) in [4.78, 5) is 7.56. The van der Waals surface area contributed by atoms with E-state index in [1.54, 1.807) is 6.08 Å². The quantitative estimate of drug-likeness (QED) is 0.633. The number of alkyl halides is 3. The molecule has 20 heavy (non-hydrogen) atoms. The molecular weight excluding hydrogens is 297 g/mol. The molecule has 0 saturated carbocycles. The zero-order chi connectivity index (χ0) is 14.8. The first-order valence-electron chi connectivity index (χ1n) is 5.49. The number of allylic oxidation sites excluding steroid dienone is 4. The molecule has 0 spiro atoms. The summed E-state index contributed by atoms with van der Waals surface area (Å²) in [5.74, 6) is -0.302. The van der Waals surface area contributed by atoms with Gasteiger partial charge in [-0.3, -0.25) is 0 Å². The predicted molar refractivity (Wildman–Crippen MR) is 64.0 cm³/mol. The number of hydrogen-bond acceptors (Lipinski definition) is 5. The molecule has 1 aromatic rings. The van der Waals surface area contributed by atoms with E-state index in [1.807, 2.05) is 12.2 Å². The van der Waals surface area contributed by atoms with Crippen molar-refractivity contribution >= 4 is 15.7 Å². The smallest absolute Gasteiger partial charge is 0.373 e. The summed E-state index contributed by atoms with van der Waals surface area (Å²) in [6, 6.07) is 0. The summed E-state index contributed by atoms with van der Waals surface area (Å²) < 4.78 is 61.8. The summed E-state index contributed by atoms with van der Waals surface area (Å²) in [5.41, 5.74) is -4.76. The Morgan fingerprint density at radius 1 is 1.15 bits per heavy atom. The van der Waals surface area contributed by atoms with Gasteiger partial charge in [0.15, 0.2) is 11.6 Å². The number of halogens is 3. The second-order valence-corrected chi connectivity index (χ2v) is 5.40. The van der Waals surface area contributed by atoms with E-state index in [0.29, 0.717) is 0 Å². The molecule has 9 heteroatoms. The first-order chi connectivity index (χ1) is 9.29. The van der Waals surface area contributed by atoms with Gasteiger partial charge in [-0.1, -0.05) is 18.2 Å². The van der Waals surface area contributed by atoms with Crippen LogP contribution >= 0.6 is 0 Å². The Morgan fingerprint density at radius 2 is 1.80 bits per heavy atom. The van der Waals surface area contributed by atoms with E-state index >= 15 is 0 Å². The van der Waals surface area contributed by atoms with Gasteiger partial charge >= 0.3 is 15.6 Å². The van der Waals surface area contributed by atoms with E-state index in [0.717, 1.165) is 30.8 Å². The molecule has 108 valence electrons. The standard InChI is InChI=1S/C11H9F3N2O3S/c12-11(13,14)20(17,18)19-9-6-15-10(16-7-9)8-4-2-1-3-5-8/h2,4-7H,1,3H2. The SMILES string of the molecule is O=S(=O)(Oc1cnc(C2=CCCC=C2)nc1)C(F)(F)F. The Kier molecular flexibility index (Phi) is 3.80. The van der Waals surface area contributed by atoms with Gasteiger partial charge in [0.05, 0.1) is 12.4 Å². The Morgan fingerprint density at radius 3 is 2.30 bits per heavy atom. The van der Waals surface area contributed by atoms with Gasteiger partial charge in [0, 0.05) is 5.57 Å². The minimum atomic E-state index is -5.70. The highest BCUT2D eigenvalue weighted by Crippen LogP contribution is 2.26. The fraction of sp³-hybridized carbons (Fsp3) is 0.273. The van der Waals surface area contributed by atoms with Crippen molar-refractivity contribution in [3.8, 4) is 5.75 Å². The van der Waals surface area contributed by atoms with Crippen LogP contribution in [-0.4, -0.2) is 23.9 Å². The molecule has 0 bridgehead atoms. The first kappa shape index (κ1) is 14.5. The highest BCUT2D eigenvalue weighted by molar-refractivity contribution is 7.87. The number of hydrogen-bond donors (Lipinski definition) is 0. The van der Waals surface area contributed by atoms with Crippen LogP contribution in [0.4, 0.5) is 13.2 Å². The molecule has 0 aliphatic heterocycles. The second-order valence-electron chi connectivity index (χ2n) is 3.86. The third kappa shape index (κ3) is 3.16. The fourth-order valence-corrected chi connectivity index (χ4v) is 1.90. The van der Waals surface area contributed by atoms with Crippen molar-refractivity contribution in [1.82, 2.24) is 9.97 Å². The molecule has 0 atom stereocenters. The molecule has 0 saturated heterocycles. The Bertz CT molecular complexity index is 648. The lowest BCUT2D eigenvalue weighted by Gasteiger charge is -2.09. The highest BCUT2D eigenvalue weighted by atomic mass is 32.2. The molecule has 0 aromatic carbocycles. The van der Waals surface area contributed by atoms with E-state index in [-0.39, 0.29) is 5.82 Å². The van der Waals surface area contributed by atoms with Crippen molar-refractivity contribution in [2.75, 3.05) is 0 Å². The van der Waals surface area contributed by atoms with Gasteiger partial charge < -0.3 is 4.18 Å². The van der Waals surface area contributed by atoms with Crippen molar-refractivity contribution in [3.63, 3.8) is 0 Å². The Hall–Kier alpha value is -1.90. The average molecular weight is 306 g/mol. The lowest BCUT2D eigenvalue weighted by Crippen LogP contribution is -2.28. The van der Waals surface area contributed by atoms with Crippen molar-refractivity contribution in [2.24, 2.45) is 0 Å². The summed E-state index contributed by atoms with van der Waals surface area (Å²) in [6.45, 7) is 0. The number of aromatic nitrogens is 2. The summed E-state index contributed by atoms with van der Waals surface area (Å²) in [5, 5.41) is 0. The van der Waals surface area contributed by atoms with Crippen LogP contribution < -0.4 is 4.18 Å². The van der Waals surface area contributed by atoms with Gasteiger partial charge in [0.2, 0.25) is 0 Å². The summed E-state index contributed by atoms with van der Waals surface area (Å²) in [7, 11) is -5.70. The van der Waals surface area contributed by atoms with Crippen molar-refractivity contribution in [3.05, 3.63) is 36.4 Å². The zero-order valence-corrected chi connectivity index (χ0v) is 10.8.